The van der Waals surface area contributed by atoms with Gasteiger partial charge in [-0.25, -0.2) is 9.97 Å². The molecule has 1 N–H and O–H groups in total. The maximum Gasteiger partial charge on any atom is 0.257 e. The van der Waals surface area contributed by atoms with Gasteiger partial charge in [-0.2, -0.15) is 4.39 Å². The smallest absolute Gasteiger partial charge is 0.257 e. The van der Waals surface area contributed by atoms with E-state index in [1.165, 1.54) is 24.5 Å². The van der Waals surface area contributed by atoms with Crippen molar-refractivity contribution < 1.29 is 9.18 Å². The predicted octanol–water partition coefficient (Wildman–Crippen LogP) is 3.67. The van der Waals surface area contributed by atoms with Crippen LogP contribution in [0.15, 0.2) is 48.8 Å². The van der Waals surface area contributed by atoms with Crippen LogP contribution in [0.4, 0.5) is 10.1 Å². The van der Waals surface area contributed by atoms with Crippen molar-refractivity contribution in [3.63, 3.8) is 0 Å². The highest BCUT2D eigenvalue weighted by molar-refractivity contribution is 6.35. The number of hydrogen-bond acceptors (Lipinski definition) is 3. The molecule has 0 spiro atoms. The van der Waals surface area contributed by atoms with E-state index in [-0.39, 0.29) is 5.91 Å². The lowest BCUT2D eigenvalue weighted by Gasteiger charge is -2.08. The van der Waals surface area contributed by atoms with Crippen LogP contribution < -0.4 is 5.32 Å². The first kappa shape index (κ1) is 13.5. The van der Waals surface area contributed by atoms with E-state index >= 15 is 0 Å². The molecule has 0 aliphatic carbocycles. The van der Waals surface area contributed by atoms with Crippen LogP contribution in [0.2, 0.25) is 5.15 Å². The van der Waals surface area contributed by atoms with Gasteiger partial charge in [0.1, 0.15) is 5.15 Å². The van der Waals surface area contributed by atoms with Gasteiger partial charge < -0.3 is 5.32 Å². The number of pyridine rings is 2. The number of fused-ring (bicyclic) bond motifs is 1. The Bertz CT molecular complexity index is 821. The number of benzene rings is 1. The van der Waals surface area contributed by atoms with E-state index in [1.807, 2.05) is 12.1 Å². The van der Waals surface area contributed by atoms with Crippen LogP contribution in [0, 0.1) is 5.95 Å². The molecule has 0 aliphatic heterocycles. The van der Waals surface area contributed by atoms with Crippen molar-refractivity contribution in [1.82, 2.24) is 9.97 Å². The van der Waals surface area contributed by atoms with Gasteiger partial charge in [0.05, 0.1) is 17.4 Å². The number of carbonyl (C=O) groups is 1. The molecule has 0 saturated heterocycles. The molecular weight excluding hydrogens is 293 g/mol. The van der Waals surface area contributed by atoms with Crippen LogP contribution in [0.1, 0.15) is 10.4 Å². The summed E-state index contributed by atoms with van der Waals surface area (Å²) < 4.78 is 12.8. The normalized spacial score (nSPS) is 10.6. The number of rotatable bonds is 2. The lowest BCUT2D eigenvalue weighted by molar-refractivity contribution is 0.102. The van der Waals surface area contributed by atoms with E-state index in [2.05, 4.69) is 15.3 Å². The van der Waals surface area contributed by atoms with Crippen LogP contribution in [-0.4, -0.2) is 15.9 Å². The number of aromatic nitrogens is 2. The molecule has 0 fully saturated rings. The highest BCUT2D eigenvalue weighted by Gasteiger charge is 2.13. The second kappa shape index (κ2) is 5.46. The Morgan fingerprint density at radius 3 is 2.52 bits per heavy atom. The summed E-state index contributed by atoms with van der Waals surface area (Å²) in [4.78, 5) is 19.8. The van der Waals surface area contributed by atoms with Gasteiger partial charge in [-0.1, -0.05) is 35.9 Å². The van der Waals surface area contributed by atoms with Crippen molar-refractivity contribution in [2.75, 3.05) is 5.32 Å². The van der Waals surface area contributed by atoms with E-state index in [4.69, 9.17) is 11.6 Å². The maximum absolute atomic E-state index is 12.8. The Labute approximate surface area is 124 Å². The van der Waals surface area contributed by atoms with Crippen molar-refractivity contribution in [3.8, 4) is 0 Å². The minimum atomic E-state index is -0.605. The highest BCUT2D eigenvalue weighted by atomic mass is 35.5. The summed E-state index contributed by atoms with van der Waals surface area (Å²) in [5.41, 5.74) is 0.791. The molecule has 4 nitrogen and oxygen atoms in total. The second-order valence-corrected chi connectivity index (χ2v) is 4.69. The lowest BCUT2D eigenvalue weighted by Crippen LogP contribution is -2.13. The third-order valence-corrected chi connectivity index (χ3v) is 3.28. The van der Waals surface area contributed by atoms with E-state index in [9.17, 15) is 9.18 Å². The van der Waals surface area contributed by atoms with Crippen LogP contribution in [-0.2, 0) is 0 Å². The third kappa shape index (κ3) is 2.68. The summed E-state index contributed by atoms with van der Waals surface area (Å²) in [6, 6.07) is 9.83. The summed E-state index contributed by atoms with van der Waals surface area (Å²) in [5, 5.41) is 4.38. The first-order valence-electron chi connectivity index (χ1n) is 6.11. The van der Waals surface area contributed by atoms with Crippen LogP contribution in [0.25, 0.3) is 10.8 Å². The fraction of sp³-hybridized carbons (Fsp3) is 0. The quantitative estimate of drug-likeness (QED) is 0.735. The largest absolute Gasteiger partial charge is 0.321 e. The maximum atomic E-state index is 12.8. The topological polar surface area (TPSA) is 54.9 Å². The molecule has 3 rings (SSSR count). The first-order chi connectivity index (χ1) is 10.1. The van der Waals surface area contributed by atoms with Crippen molar-refractivity contribution in [2.24, 2.45) is 0 Å². The molecule has 1 aromatic carbocycles. The first-order valence-corrected chi connectivity index (χ1v) is 6.49. The Morgan fingerprint density at radius 1 is 1.05 bits per heavy atom. The minimum Gasteiger partial charge on any atom is -0.321 e. The van der Waals surface area contributed by atoms with Gasteiger partial charge in [0.25, 0.3) is 5.91 Å². The predicted molar refractivity (Wildman–Crippen MR) is 78.9 cm³/mol. The Hall–Kier alpha value is -2.53. The van der Waals surface area contributed by atoms with Crippen molar-refractivity contribution >= 4 is 34.0 Å². The van der Waals surface area contributed by atoms with Gasteiger partial charge in [0.15, 0.2) is 0 Å². The summed E-state index contributed by atoms with van der Waals surface area (Å²) >= 11 is 6.02. The van der Waals surface area contributed by atoms with E-state index in [1.54, 1.807) is 12.1 Å². The number of carbonyl (C=O) groups excluding carboxylic acids is 1. The molecule has 6 heteroatoms. The van der Waals surface area contributed by atoms with Gasteiger partial charge in [0, 0.05) is 11.6 Å². The van der Waals surface area contributed by atoms with Crippen LogP contribution in [0.5, 0.6) is 0 Å². The number of anilines is 1. The highest BCUT2D eigenvalue weighted by Crippen LogP contribution is 2.24. The number of amides is 1. The molecule has 21 heavy (non-hydrogen) atoms. The molecule has 3 aromatic rings. The lowest BCUT2D eigenvalue weighted by atomic mass is 10.1. The molecule has 0 aliphatic rings. The zero-order chi connectivity index (χ0) is 14.8. The summed E-state index contributed by atoms with van der Waals surface area (Å²) in [6.07, 6.45) is 2.66. The SMILES string of the molecule is O=C(Nc1ccc(F)nc1)c1cnc(Cl)c2ccccc12. The van der Waals surface area contributed by atoms with E-state index < -0.39 is 5.95 Å². The average molecular weight is 302 g/mol. The Kier molecular flexibility index (Phi) is 3.50. The monoisotopic (exact) mass is 301 g/mol. The van der Waals surface area contributed by atoms with Gasteiger partial charge in [-0.15, -0.1) is 0 Å². The molecule has 104 valence electrons. The van der Waals surface area contributed by atoms with Crippen LogP contribution >= 0.6 is 11.6 Å². The number of nitrogens with zero attached hydrogens (tertiary/aromatic N) is 2. The van der Waals surface area contributed by atoms with Crippen LogP contribution in [0.3, 0.4) is 0 Å². The van der Waals surface area contributed by atoms with E-state index in [0.29, 0.717) is 27.2 Å². The summed E-state index contributed by atoms with van der Waals surface area (Å²) in [5.74, 6) is -0.963. The molecule has 0 atom stereocenters. The summed E-state index contributed by atoms with van der Waals surface area (Å²) in [6.45, 7) is 0. The molecule has 1 amide bonds. The average Bonchev–Trinajstić information content (AvgIpc) is 2.50. The Balaban J connectivity index is 1.98. The van der Waals surface area contributed by atoms with E-state index in [0.717, 1.165) is 0 Å². The number of nitrogens with one attached hydrogen (secondary N) is 1. The van der Waals surface area contributed by atoms with Crippen molar-refractivity contribution in [3.05, 3.63) is 65.5 Å². The standard InChI is InChI=1S/C15H9ClFN3O/c16-14-11-4-2-1-3-10(11)12(8-19-14)15(21)20-9-5-6-13(17)18-7-9/h1-8H,(H,20,21). The molecular formula is C15H9ClFN3O. The molecule has 0 bridgehead atoms. The van der Waals surface area contributed by atoms with Crippen molar-refractivity contribution in [1.29, 1.82) is 0 Å². The number of hydrogen-bond donors (Lipinski definition) is 1. The molecule has 0 saturated carbocycles. The molecule has 2 heterocycles. The van der Waals surface area contributed by atoms with Gasteiger partial charge >= 0.3 is 0 Å². The van der Waals surface area contributed by atoms with Gasteiger partial charge in [-0.3, -0.25) is 4.79 Å². The van der Waals surface area contributed by atoms with Gasteiger partial charge in [0.2, 0.25) is 5.95 Å². The number of halogens is 2. The second-order valence-electron chi connectivity index (χ2n) is 4.33. The zero-order valence-electron chi connectivity index (χ0n) is 10.7. The fourth-order valence-corrected chi connectivity index (χ4v) is 2.20. The van der Waals surface area contributed by atoms with Crippen molar-refractivity contribution in [2.45, 2.75) is 0 Å². The molecule has 0 unspecified atom stereocenters. The zero-order valence-corrected chi connectivity index (χ0v) is 11.4. The molecule has 2 aromatic heterocycles. The minimum absolute atomic E-state index is 0.339. The Morgan fingerprint density at radius 2 is 1.81 bits per heavy atom. The summed E-state index contributed by atoms with van der Waals surface area (Å²) in [7, 11) is 0. The fourth-order valence-electron chi connectivity index (χ4n) is 1.99. The van der Waals surface area contributed by atoms with Gasteiger partial charge in [-0.05, 0) is 17.5 Å². The third-order valence-electron chi connectivity index (χ3n) is 2.98. The molecule has 0 radical (unpaired) electrons.